The van der Waals surface area contributed by atoms with Crippen LogP contribution in [0, 0.1) is 11.3 Å². The third kappa shape index (κ3) is 3.11. The highest BCUT2D eigenvalue weighted by molar-refractivity contribution is 6.30. The van der Waals surface area contributed by atoms with Crippen molar-refractivity contribution in [1.82, 2.24) is 5.32 Å². The van der Waals surface area contributed by atoms with Crippen LogP contribution in [-0.2, 0) is 0 Å². The first-order valence-electron chi connectivity index (χ1n) is 3.33. The van der Waals surface area contributed by atoms with Crippen LogP contribution in [0.25, 0.3) is 0 Å². The molecule has 1 heterocycles. The lowest BCUT2D eigenvalue weighted by Gasteiger charge is -1.93. The smallest absolute Gasteiger partial charge is 0.0959 e. The van der Waals surface area contributed by atoms with Gasteiger partial charge >= 0.3 is 0 Å². The predicted octanol–water partition coefficient (Wildman–Crippen LogP) is 1.81. The van der Waals surface area contributed by atoms with E-state index in [1.807, 2.05) is 0 Å². The quantitative estimate of drug-likeness (QED) is 0.636. The Kier molecular flexibility index (Phi) is 5.31. The topological polar surface area (TPSA) is 35.8 Å². The summed E-state index contributed by atoms with van der Waals surface area (Å²) in [6.07, 6.45) is 1.57. The van der Waals surface area contributed by atoms with Crippen molar-refractivity contribution in [3.05, 3.63) is 10.6 Å². The van der Waals surface area contributed by atoms with E-state index in [-0.39, 0.29) is 12.4 Å². The van der Waals surface area contributed by atoms with E-state index in [2.05, 4.69) is 11.4 Å². The number of halogens is 2. The van der Waals surface area contributed by atoms with Crippen molar-refractivity contribution in [2.45, 2.75) is 12.8 Å². The molecule has 1 rings (SSSR count). The summed E-state index contributed by atoms with van der Waals surface area (Å²) in [4.78, 5) is 0. The van der Waals surface area contributed by atoms with Gasteiger partial charge in [-0.25, -0.2) is 0 Å². The fraction of sp³-hybridized carbons (Fsp3) is 0.571. The molecule has 1 aliphatic rings. The van der Waals surface area contributed by atoms with Crippen LogP contribution in [0.4, 0.5) is 0 Å². The van der Waals surface area contributed by atoms with Crippen LogP contribution in [0.15, 0.2) is 10.6 Å². The van der Waals surface area contributed by atoms with Crippen LogP contribution in [0.2, 0.25) is 0 Å². The minimum Gasteiger partial charge on any atom is -0.316 e. The van der Waals surface area contributed by atoms with Gasteiger partial charge in [-0.05, 0) is 19.4 Å². The van der Waals surface area contributed by atoms with Gasteiger partial charge in [0.1, 0.15) is 0 Å². The molecule has 0 atom stereocenters. The van der Waals surface area contributed by atoms with E-state index in [0.717, 1.165) is 36.5 Å². The molecule has 0 amide bonds. The molecule has 1 N–H and O–H groups in total. The standard InChI is InChI=1S/C7H9ClN2.ClH/c8-7-2-4-10-3-1-6(7)5-9;/h10H,1-4H2;1H. The van der Waals surface area contributed by atoms with Crippen molar-refractivity contribution in [2.24, 2.45) is 0 Å². The summed E-state index contributed by atoms with van der Waals surface area (Å²) in [5.74, 6) is 0. The minimum absolute atomic E-state index is 0. The van der Waals surface area contributed by atoms with E-state index in [1.54, 1.807) is 0 Å². The monoisotopic (exact) mass is 192 g/mol. The molecule has 1 aliphatic heterocycles. The molecule has 11 heavy (non-hydrogen) atoms. The van der Waals surface area contributed by atoms with E-state index in [4.69, 9.17) is 16.9 Å². The molecule has 0 spiro atoms. The van der Waals surface area contributed by atoms with E-state index >= 15 is 0 Å². The number of nitrogens with zero attached hydrogens (tertiary/aromatic N) is 1. The Morgan fingerprint density at radius 3 is 2.64 bits per heavy atom. The lowest BCUT2D eigenvalue weighted by atomic mass is 10.2. The Labute approximate surface area is 77.6 Å². The van der Waals surface area contributed by atoms with Gasteiger partial charge in [0.2, 0.25) is 0 Å². The maximum Gasteiger partial charge on any atom is 0.0959 e. The van der Waals surface area contributed by atoms with Gasteiger partial charge in [0, 0.05) is 17.2 Å². The summed E-state index contributed by atoms with van der Waals surface area (Å²) in [6, 6.07) is 2.10. The first-order chi connectivity index (χ1) is 4.84. The van der Waals surface area contributed by atoms with Gasteiger partial charge in [0.15, 0.2) is 0 Å². The van der Waals surface area contributed by atoms with E-state index in [1.165, 1.54) is 0 Å². The molecule has 0 aliphatic carbocycles. The van der Waals surface area contributed by atoms with Crippen LogP contribution in [0.5, 0.6) is 0 Å². The molecule has 0 aromatic carbocycles. The molecule has 0 saturated heterocycles. The third-order valence-electron chi connectivity index (χ3n) is 1.54. The van der Waals surface area contributed by atoms with Gasteiger partial charge in [-0.3, -0.25) is 0 Å². The average molecular weight is 193 g/mol. The molecular formula is C7H10Cl2N2. The van der Waals surface area contributed by atoms with E-state index in [9.17, 15) is 0 Å². The van der Waals surface area contributed by atoms with Crippen molar-refractivity contribution in [3.63, 3.8) is 0 Å². The minimum atomic E-state index is 0. The zero-order valence-electron chi connectivity index (χ0n) is 6.06. The molecule has 0 bridgehead atoms. The molecule has 0 aromatic rings. The van der Waals surface area contributed by atoms with E-state index in [0.29, 0.717) is 0 Å². The molecule has 0 unspecified atom stereocenters. The van der Waals surface area contributed by atoms with Crippen molar-refractivity contribution >= 4 is 24.0 Å². The molecule has 2 nitrogen and oxygen atoms in total. The maximum atomic E-state index is 8.57. The summed E-state index contributed by atoms with van der Waals surface area (Å²) in [5.41, 5.74) is 0.742. The number of hydrogen-bond donors (Lipinski definition) is 1. The number of nitriles is 1. The van der Waals surface area contributed by atoms with Crippen LogP contribution in [0.1, 0.15) is 12.8 Å². The highest BCUT2D eigenvalue weighted by Gasteiger charge is 2.07. The summed E-state index contributed by atoms with van der Waals surface area (Å²) < 4.78 is 0. The number of hydrogen-bond acceptors (Lipinski definition) is 2. The van der Waals surface area contributed by atoms with Gasteiger partial charge in [0.25, 0.3) is 0 Å². The predicted molar refractivity (Wildman–Crippen MR) is 47.8 cm³/mol. The zero-order valence-corrected chi connectivity index (χ0v) is 7.63. The highest BCUT2D eigenvalue weighted by Crippen LogP contribution is 2.17. The molecule has 0 saturated carbocycles. The highest BCUT2D eigenvalue weighted by atomic mass is 35.5. The Morgan fingerprint density at radius 1 is 1.36 bits per heavy atom. The summed E-state index contributed by atoms with van der Waals surface area (Å²) in [7, 11) is 0. The second-order valence-corrected chi connectivity index (χ2v) is 2.70. The Hall–Kier alpha value is -0.230. The van der Waals surface area contributed by atoms with Crippen LogP contribution >= 0.6 is 24.0 Å². The molecule has 62 valence electrons. The first kappa shape index (κ1) is 10.8. The maximum absolute atomic E-state index is 8.57. The lowest BCUT2D eigenvalue weighted by molar-refractivity contribution is 0.712. The van der Waals surface area contributed by atoms with Gasteiger partial charge < -0.3 is 5.32 Å². The van der Waals surface area contributed by atoms with Crippen molar-refractivity contribution in [1.29, 1.82) is 5.26 Å². The Balaban J connectivity index is 0.000001000. The van der Waals surface area contributed by atoms with Crippen LogP contribution in [-0.4, -0.2) is 13.1 Å². The van der Waals surface area contributed by atoms with Gasteiger partial charge in [-0.2, -0.15) is 5.26 Å². The second kappa shape index (κ2) is 5.42. The van der Waals surface area contributed by atoms with Crippen molar-refractivity contribution in [2.75, 3.05) is 13.1 Å². The molecular weight excluding hydrogens is 183 g/mol. The Bertz CT molecular complexity index is 193. The van der Waals surface area contributed by atoms with Crippen molar-refractivity contribution < 1.29 is 0 Å². The second-order valence-electron chi connectivity index (χ2n) is 2.25. The lowest BCUT2D eigenvalue weighted by Crippen LogP contribution is -2.13. The Morgan fingerprint density at radius 2 is 2.00 bits per heavy atom. The summed E-state index contributed by atoms with van der Waals surface area (Å²) in [6.45, 7) is 1.77. The van der Waals surface area contributed by atoms with Gasteiger partial charge in [-0.1, -0.05) is 11.6 Å². The van der Waals surface area contributed by atoms with Crippen LogP contribution < -0.4 is 5.32 Å². The molecule has 0 aromatic heterocycles. The first-order valence-corrected chi connectivity index (χ1v) is 3.70. The fourth-order valence-corrected chi connectivity index (χ4v) is 1.17. The number of nitrogens with one attached hydrogen (secondary N) is 1. The molecule has 0 radical (unpaired) electrons. The largest absolute Gasteiger partial charge is 0.316 e. The van der Waals surface area contributed by atoms with Gasteiger partial charge in [-0.15, -0.1) is 12.4 Å². The summed E-state index contributed by atoms with van der Waals surface area (Å²) in [5, 5.41) is 12.5. The van der Waals surface area contributed by atoms with Crippen LogP contribution in [0.3, 0.4) is 0 Å². The van der Waals surface area contributed by atoms with Gasteiger partial charge in [0.05, 0.1) is 6.07 Å². The summed E-state index contributed by atoms with van der Waals surface area (Å²) >= 11 is 5.80. The molecule has 0 fully saturated rings. The third-order valence-corrected chi connectivity index (χ3v) is 1.95. The fourth-order valence-electron chi connectivity index (χ4n) is 0.940. The molecule has 4 heteroatoms. The zero-order chi connectivity index (χ0) is 7.40. The number of rotatable bonds is 0. The normalized spacial score (nSPS) is 18.2. The average Bonchev–Trinajstić information content (AvgIpc) is 2.13. The van der Waals surface area contributed by atoms with Crippen molar-refractivity contribution in [3.8, 4) is 6.07 Å². The SMILES string of the molecule is Cl.N#CC1=C(Cl)CCNCC1. The van der Waals surface area contributed by atoms with E-state index < -0.39 is 0 Å².